The Morgan fingerprint density at radius 2 is 2.00 bits per heavy atom. The third kappa shape index (κ3) is 6.29. The minimum absolute atomic E-state index is 0.153. The van der Waals surface area contributed by atoms with Crippen LogP contribution in [-0.2, 0) is 14.3 Å². The van der Waals surface area contributed by atoms with Crippen molar-refractivity contribution in [2.24, 2.45) is 0 Å². The molecule has 0 aromatic heterocycles. The van der Waals surface area contributed by atoms with E-state index in [1.807, 2.05) is 0 Å². The lowest BCUT2D eigenvalue weighted by atomic mass is 10.3. The van der Waals surface area contributed by atoms with Gasteiger partial charge in [-0.1, -0.05) is 0 Å². The molecule has 64 valence electrons. The molecule has 0 saturated carbocycles. The first kappa shape index (κ1) is 10.9. The maximum absolute atomic E-state index is 8.40. The van der Waals surface area contributed by atoms with Crippen molar-refractivity contribution in [3.63, 3.8) is 0 Å². The molecule has 0 bridgehead atoms. The second-order valence-electron chi connectivity index (χ2n) is 1.58. The van der Waals surface area contributed by atoms with Gasteiger partial charge in [0.2, 0.25) is 0 Å². The van der Waals surface area contributed by atoms with E-state index >= 15 is 0 Å². The molecule has 11 heavy (non-hydrogen) atoms. The summed E-state index contributed by atoms with van der Waals surface area (Å²) in [5.41, 5.74) is 0. The highest BCUT2D eigenvalue weighted by atomic mass is 17.2. The molecule has 0 fully saturated rings. The molecule has 0 aromatic carbocycles. The third-order valence-electron chi connectivity index (χ3n) is 0.853. The van der Waals surface area contributed by atoms with Gasteiger partial charge in [-0.3, -0.25) is 4.81 Å². The van der Waals surface area contributed by atoms with Gasteiger partial charge in [-0.25, -0.2) is 4.89 Å². The summed E-state index contributed by atoms with van der Waals surface area (Å²) in [5, 5.41) is 24.8. The van der Waals surface area contributed by atoms with Crippen LogP contribution in [0.5, 0.6) is 0 Å². The van der Waals surface area contributed by atoms with Crippen LogP contribution in [0.3, 0.4) is 0 Å². The molecule has 0 aliphatic heterocycles. The highest BCUT2D eigenvalue weighted by Crippen LogP contribution is 1.98. The van der Waals surface area contributed by atoms with Crippen LogP contribution in [0.25, 0.3) is 0 Å². The zero-order valence-electron chi connectivity index (χ0n) is 5.97. The van der Waals surface area contributed by atoms with Crippen molar-refractivity contribution in [1.29, 1.82) is 0 Å². The monoisotopic (exact) mass is 164 g/mol. The Morgan fingerprint density at radius 3 is 2.45 bits per heavy atom. The van der Waals surface area contributed by atoms with E-state index < -0.39 is 21.7 Å². The molecule has 0 rings (SSSR count). The van der Waals surface area contributed by atoms with Crippen molar-refractivity contribution < 1.29 is 29.5 Å². The SMILES string of the molecule is OBOOC(CCO)OBO. The Balaban J connectivity index is 3.34. The molecule has 0 saturated heterocycles. The van der Waals surface area contributed by atoms with Crippen molar-refractivity contribution in [3.8, 4) is 0 Å². The summed E-state index contributed by atoms with van der Waals surface area (Å²) in [6.45, 7) is -0.153. The van der Waals surface area contributed by atoms with E-state index in [1.165, 1.54) is 0 Å². The molecular formula is C3H10B2O6. The van der Waals surface area contributed by atoms with E-state index in [0.717, 1.165) is 0 Å². The second kappa shape index (κ2) is 7.99. The molecule has 0 spiro atoms. The van der Waals surface area contributed by atoms with Gasteiger partial charge < -0.3 is 19.8 Å². The standard InChI is InChI=1S/C3H10B2O6/c6-2-1-3(9-4-7)10-11-5-8/h3-8H,1-2H2. The topological polar surface area (TPSA) is 88.4 Å². The smallest absolute Gasteiger partial charge is 0.430 e. The van der Waals surface area contributed by atoms with Crippen LogP contribution in [0, 0.1) is 0 Å². The quantitative estimate of drug-likeness (QED) is 0.162. The average Bonchev–Trinajstić information content (AvgIpc) is 2.01. The van der Waals surface area contributed by atoms with Gasteiger partial charge in [0.15, 0.2) is 6.29 Å². The lowest BCUT2D eigenvalue weighted by Crippen LogP contribution is -2.22. The predicted molar refractivity (Wildman–Crippen MR) is 37.5 cm³/mol. The molecule has 1 atom stereocenters. The van der Waals surface area contributed by atoms with Crippen LogP contribution in [0.2, 0.25) is 0 Å². The maximum atomic E-state index is 8.40. The first-order valence-electron chi connectivity index (χ1n) is 3.07. The Hall–Kier alpha value is -0.110. The van der Waals surface area contributed by atoms with E-state index in [1.54, 1.807) is 0 Å². The average molecular weight is 164 g/mol. The molecule has 6 nitrogen and oxygen atoms in total. The number of hydrogen-bond acceptors (Lipinski definition) is 6. The van der Waals surface area contributed by atoms with Gasteiger partial charge in [0.1, 0.15) is 0 Å². The van der Waals surface area contributed by atoms with Crippen LogP contribution in [0.15, 0.2) is 0 Å². The summed E-state index contributed by atoms with van der Waals surface area (Å²) in [7, 11) is -1.13. The fraction of sp³-hybridized carbons (Fsp3) is 1.00. The largest absolute Gasteiger partial charge is 0.471 e. The van der Waals surface area contributed by atoms with Gasteiger partial charge in [0.25, 0.3) is 0 Å². The van der Waals surface area contributed by atoms with Crippen LogP contribution < -0.4 is 0 Å². The third-order valence-corrected chi connectivity index (χ3v) is 0.853. The summed E-state index contributed by atoms with van der Waals surface area (Å²) in [5.74, 6) is 0. The number of rotatable bonds is 7. The minimum Gasteiger partial charge on any atom is -0.430 e. The fourth-order valence-electron chi connectivity index (χ4n) is 0.454. The maximum Gasteiger partial charge on any atom is 0.471 e. The second-order valence-corrected chi connectivity index (χ2v) is 1.58. The van der Waals surface area contributed by atoms with Crippen LogP contribution in [-0.4, -0.2) is 43.4 Å². The van der Waals surface area contributed by atoms with Gasteiger partial charge in [0, 0.05) is 13.0 Å². The Morgan fingerprint density at radius 1 is 1.27 bits per heavy atom. The zero-order chi connectivity index (χ0) is 8.53. The molecule has 8 heteroatoms. The summed E-state index contributed by atoms with van der Waals surface area (Å²) in [6, 6.07) is 0. The summed E-state index contributed by atoms with van der Waals surface area (Å²) in [6.07, 6.45) is -0.683. The molecular weight excluding hydrogens is 154 g/mol. The van der Waals surface area contributed by atoms with Crippen LogP contribution in [0.1, 0.15) is 6.42 Å². The number of aliphatic hydroxyl groups excluding tert-OH is 1. The minimum atomic E-state index is -0.850. The first-order chi connectivity index (χ1) is 5.35. The van der Waals surface area contributed by atoms with E-state index in [-0.39, 0.29) is 13.0 Å². The lowest BCUT2D eigenvalue weighted by molar-refractivity contribution is -0.308. The van der Waals surface area contributed by atoms with Crippen molar-refractivity contribution in [3.05, 3.63) is 0 Å². The van der Waals surface area contributed by atoms with Crippen molar-refractivity contribution in [1.82, 2.24) is 0 Å². The molecule has 0 aliphatic carbocycles. The van der Waals surface area contributed by atoms with Gasteiger partial charge in [-0.2, -0.15) is 0 Å². The molecule has 1 unspecified atom stereocenters. The number of aliphatic hydroxyl groups is 1. The van der Waals surface area contributed by atoms with Crippen molar-refractivity contribution >= 4 is 15.4 Å². The van der Waals surface area contributed by atoms with E-state index in [9.17, 15) is 0 Å². The lowest BCUT2D eigenvalue weighted by Gasteiger charge is -2.13. The Bertz CT molecular complexity index is 76.2. The summed E-state index contributed by atoms with van der Waals surface area (Å²) >= 11 is 0. The normalized spacial score (nSPS) is 12.6. The van der Waals surface area contributed by atoms with E-state index in [2.05, 4.69) is 14.3 Å². The molecule has 0 amide bonds. The first-order valence-corrected chi connectivity index (χ1v) is 3.07. The zero-order valence-corrected chi connectivity index (χ0v) is 5.97. The van der Waals surface area contributed by atoms with Gasteiger partial charge >= 0.3 is 15.4 Å². The van der Waals surface area contributed by atoms with Gasteiger partial charge in [-0.15, -0.1) is 0 Å². The summed E-state index contributed by atoms with van der Waals surface area (Å²) in [4.78, 5) is 8.49. The predicted octanol–water partition coefficient (Wildman–Crippen LogP) is -2.82. The molecule has 0 radical (unpaired) electrons. The van der Waals surface area contributed by atoms with Gasteiger partial charge in [0.05, 0.1) is 0 Å². The van der Waals surface area contributed by atoms with Crippen LogP contribution >= 0.6 is 0 Å². The van der Waals surface area contributed by atoms with Crippen LogP contribution in [0.4, 0.5) is 0 Å². The number of hydrogen-bond donors (Lipinski definition) is 3. The Kier molecular flexibility index (Phi) is 7.91. The van der Waals surface area contributed by atoms with E-state index in [0.29, 0.717) is 0 Å². The Labute approximate surface area is 65.2 Å². The molecule has 0 aromatic rings. The highest BCUT2D eigenvalue weighted by molar-refractivity contribution is 6.16. The molecule has 3 N–H and O–H groups in total. The van der Waals surface area contributed by atoms with Crippen molar-refractivity contribution in [2.75, 3.05) is 6.61 Å². The molecule has 0 aliphatic rings. The highest BCUT2D eigenvalue weighted by Gasteiger charge is 2.09. The fourth-order valence-corrected chi connectivity index (χ4v) is 0.454. The summed E-state index contributed by atoms with van der Waals surface area (Å²) < 4.78 is 4.52. The molecule has 0 heterocycles. The van der Waals surface area contributed by atoms with E-state index in [4.69, 9.17) is 15.2 Å². The van der Waals surface area contributed by atoms with Gasteiger partial charge in [-0.05, 0) is 0 Å². The van der Waals surface area contributed by atoms with Crippen molar-refractivity contribution in [2.45, 2.75) is 12.7 Å².